The summed E-state index contributed by atoms with van der Waals surface area (Å²) in [6.45, 7) is 8.03. The van der Waals surface area contributed by atoms with Gasteiger partial charge in [0.1, 0.15) is 13.1 Å². The van der Waals surface area contributed by atoms with Gasteiger partial charge >= 0.3 is 0 Å². The third kappa shape index (κ3) is 2.23. The predicted octanol–water partition coefficient (Wildman–Crippen LogP) is 2.89. The number of hydrogen-bond donors (Lipinski definition) is 1. The quantitative estimate of drug-likeness (QED) is 0.471. The number of rotatable bonds is 1. The smallest absolute Gasteiger partial charge is 0.263 e. The maximum absolute atomic E-state index is 13.6. The molecule has 0 bridgehead atoms. The first kappa shape index (κ1) is 16.2. The van der Waals surface area contributed by atoms with Gasteiger partial charge in [0.2, 0.25) is 5.71 Å². The molecule has 1 unspecified atom stereocenters. The largest absolute Gasteiger partial charge is 0.371 e. The summed E-state index contributed by atoms with van der Waals surface area (Å²) in [6, 6.07) is 3.98. The minimum Gasteiger partial charge on any atom is -0.371 e. The van der Waals surface area contributed by atoms with Crippen LogP contribution in [0, 0.1) is 6.92 Å². The van der Waals surface area contributed by atoms with Crippen molar-refractivity contribution in [2.24, 2.45) is 4.99 Å². The van der Waals surface area contributed by atoms with Crippen LogP contribution in [0.4, 0.5) is 11.4 Å². The van der Waals surface area contributed by atoms with Gasteiger partial charge in [-0.1, -0.05) is 0 Å². The van der Waals surface area contributed by atoms with Crippen molar-refractivity contribution in [3.8, 4) is 0 Å². The lowest BCUT2D eigenvalue weighted by Crippen LogP contribution is -2.37. The summed E-state index contributed by atoms with van der Waals surface area (Å²) >= 11 is 0. The first-order valence-corrected chi connectivity index (χ1v) is 11.0. The zero-order valence-electron chi connectivity index (χ0n) is 15.2. The lowest BCUT2D eigenvalue weighted by atomic mass is 10.0. The molecule has 2 saturated heterocycles. The van der Waals surface area contributed by atoms with Gasteiger partial charge in [-0.15, -0.1) is 0 Å². The number of nitrogens with zero attached hydrogens (tertiary/aromatic N) is 3. The second kappa shape index (κ2) is 5.51. The topological polar surface area (TPSA) is 55.9 Å². The Balaban J connectivity index is 1.72. The maximum atomic E-state index is 13.6. The standard InChI is InChI=1S/C20H22N3O2P/c1-13-9-15(22-5-3-6-22)11-17-19(13)21-20-14(2)10-16(23-7-4-8-23)12-18(20)26(17,24)25/h9-12H,3-8H2,1-2H3/p+1. The minimum absolute atomic E-state index is 0.493. The highest BCUT2D eigenvalue weighted by molar-refractivity contribution is 7.72. The number of allylic oxidation sites excluding steroid dienone is 4. The van der Waals surface area contributed by atoms with E-state index in [4.69, 9.17) is 4.99 Å². The molecule has 134 valence electrons. The lowest BCUT2D eigenvalue weighted by molar-refractivity contribution is -0.582. The molecular weight excluding hydrogens is 345 g/mol. The Hall–Kier alpha value is -1.97. The third-order valence-corrected chi connectivity index (χ3v) is 7.84. The van der Waals surface area contributed by atoms with Crippen LogP contribution in [0.3, 0.4) is 0 Å². The molecule has 6 heteroatoms. The summed E-state index contributed by atoms with van der Waals surface area (Å²) < 4.78 is 15.9. The van der Waals surface area contributed by atoms with E-state index in [-0.39, 0.29) is 0 Å². The predicted molar refractivity (Wildman–Crippen MR) is 106 cm³/mol. The normalized spacial score (nSPS) is 26.9. The van der Waals surface area contributed by atoms with Gasteiger partial charge < -0.3 is 9.79 Å². The molecule has 1 atom stereocenters. The van der Waals surface area contributed by atoms with Gasteiger partial charge in [-0.25, -0.2) is 9.57 Å². The van der Waals surface area contributed by atoms with Crippen molar-refractivity contribution in [1.82, 2.24) is 0 Å². The van der Waals surface area contributed by atoms with E-state index < -0.39 is 7.37 Å². The van der Waals surface area contributed by atoms with Gasteiger partial charge in [0.15, 0.2) is 0 Å². The average molecular weight is 368 g/mol. The van der Waals surface area contributed by atoms with Gasteiger partial charge in [0, 0.05) is 30.9 Å². The maximum Gasteiger partial charge on any atom is 0.263 e. The van der Waals surface area contributed by atoms with Gasteiger partial charge in [-0.05, 0) is 43.5 Å². The highest BCUT2D eigenvalue weighted by Crippen LogP contribution is 2.57. The number of anilines is 1. The molecule has 1 N–H and O–H groups in total. The molecule has 0 aromatic heterocycles. The number of aryl methyl sites for hydroxylation is 1. The van der Waals surface area contributed by atoms with Crippen LogP contribution in [0.15, 0.2) is 40.2 Å². The summed E-state index contributed by atoms with van der Waals surface area (Å²) in [5.74, 6) is 0. The number of aliphatic imine (C=N–C) groups is 1. The van der Waals surface area contributed by atoms with E-state index in [1.165, 1.54) is 12.8 Å². The van der Waals surface area contributed by atoms with Crippen molar-refractivity contribution in [2.75, 3.05) is 31.1 Å². The van der Waals surface area contributed by atoms with E-state index in [1.807, 2.05) is 26.0 Å². The lowest BCUT2D eigenvalue weighted by Gasteiger charge is -2.35. The molecule has 3 heterocycles. The van der Waals surface area contributed by atoms with Crippen molar-refractivity contribution >= 4 is 35.5 Å². The third-order valence-electron chi connectivity index (χ3n) is 5.85. The van der Waals surface area contributed by atoms with E-state index >= 15 is 0 Å². The molecule has 0 amide bonds. The second-order valence-corrected chi connectivity index (χ2v) is 9.75. The summed E-state index contributed by atoms with van der Waals surface area (Å²) in [5.41, 5.74) is 5.36. The van der Waals surface area contributed by atoms with Crippen LogP contribution in [0.25, 0.3) is 0 Å². The molecule has 1 aromatic rings. The minimum atomic E-state index is -3.67. The monoisotopic (exact) mass is 368 g/mol. The van der Waals surface area contributed by atoms with Crippen LogP contribution in [-0.4, -0.2) is 47.1 Å². The van der Waals surface area contributed by atoms with Crippen LogP contribution in [-0.2, 0) is 4.57 Å². The van der Waals surface area contributed by atoms with Crippen LogP contribution in [0.5, 0.6) is 0 Å². The fourth-order valence-corrected chi connectivity index (χ4v) is 5.89. The van der Waals surface area contributed by atoms with Gasteiger partial charge in [0.05, 0.1) is 28.4 Å². The van der Waals surface area contributed by atoms with Crippen molar-refractivity contribution in [1.29, 1.82) is 0 Å². The van der Waals surface area contributed by atoms with E-state index in [0.717, 1.165) is 48.7 Å². The van der Waals surface area contributed by atoms with E-state index in [0.29, 0.717) is 22.0 Å². The second-order valence-electron chi connectivity index (χ2n) is 7.63. The highest BCUT2D eigenvalue weighted by Gasteiger charge is 2.41. The van der Waals surface area contributed by atoms with Gasteiger partial charge in [0.25, 0.3) is 7.37 Å². The Bertz CT molecular complexity index is 1010. The van der Waals surface area contributed by atoms with Crippen LogP contribution < -0.4 is 10.2 Å². The first-order valence-electron chi connectivity index (χ1n) is 9.30. The fraction of sp³-hybridized carbons (Fsp3) is 0.400. The Kier molecular flexibility index (Phi) is 3.44. The molecule has 5 rings (SSSR count). The fourth-order valence-electron chi connectivity index (χ4n) is 3.99. The Morgan fingerprint density at radius 2 is 1.92 bits per heavy atom. The van der Waals surface area contributed by atoms with Crippen molar-refractivity contribution in [3.63, 3.8) is 0 Å². The average Bonchev–Trinajstić information content (AvgIpc) is 2.46. The number of fused-ring (bicyclic) bond motifs is 2. The van der Waals surface area contributed by atoms with Gasteiger partial charge in [-0.2, -0.15) is 0 Å². The SMILES string of the molecule is CC1=CC(=[N+]2CCC2)C=C2C1=Nc1c(C)cc(N3CCC3)cc1P2(=O)O. The molecule has 0 spiro atoms. The van der Waals surface area contributed by atoms with Crippen molar-refractivity contribution in [2.45, 2.75) is 26.7 Å². The van der Waals surface area contributed by atoms with Crippen LogP contribution in [0.2, 0.25) is 0 Å². The summed E-state index contributed by atoms with van der Waals surface area (Å²) in [7, 11) is -3.67. The summed E-state index contributed by atoms with van der Waals surface area (Å²) in [4.78, 5) is 18.3. The Labute approximate surface area is 153 Å². The molecule has 0 radical (unpaired) electrons. The molecule has 1 aliphatic carbocycles. The number of hydrogen-bond acceptors (Lipinski definition) is 3. The molecule has 26 heavy (non-hydrogen) atoms. The van der Waals surface area contributed by atoms with Crippen molar-refractivity contribution < 1.29 is 14.0 Å². The zero-order chi connectivity index (χ0) is 18.1. The van der Waals surface area contributed by atoms with Gasteiger partial charge in [-0.3, -0.25) is 4.57 Å². The molecule has 1 aromatic carbocycles. The molecule has 4 aliphatic rings. The molecular formula is C20H23N3O2P+. The van der Waals surface area contributed by atoms with Crippen molar-refractivity contribution in [3.05, 3.63) is 40.7 Å². The molecule has 0 saturated carbocycles. The number of benzene rings is 1. The summed E-state index contributed by atoms with van der Waals surface area (Å²) in [5, 5.41) is 0.985. The Morgan fingerprint density at radius 3 is 2.54 bits per heavy atom. The molecule has 3 aliphatic heterocycles. The van der Waals surface area contributed by atoms with E-state index in [1.54, 1.807) is 0 Å². The zero-order valence-corrected chi connectivity index (χ0v) is 16.1. The van der Waals surface area contributed by atoms with Crippen LogP contribution in [0.1, 0.15) is 25.3 Å². The molecule has 2 fully saturated rings. The van der Waals surface area contributed by atoms with E-state index in [9.17, 15) is 9.46 Å². The summed E-state index contributed by atoms with van der Waals surface area (Å²) in [6.07, 6.45) is 6.34. The van der Waals surface area contributed by atoms with Crippen LogP contribution >= 0.6 is 7.37 Å². The first-order chi connectivity index (χ1) is 12.4. The molecule has 5 nitrogen and oxygen atoms in total. The highest BCUT2D eigenvalue weighted by atomic mass is 31.2. The van der Waals surface area contributed by atoms with E-state index in [2.05, 4.69) is 21.6 Å². The Morgan fingerprint density at radius 1 is 1.15 bits per heavy atom.